The van der Waals surface area contributed by atoms with Gasteiger partial charge in [-0.3, -0.25) is 5.01 Å². The predicted octanol–water partition coefficient (Wildman–Crippen LogP) is 2.76. The normalized spacial score (nSPS) is 18.3. The number of ether oxygens (including phenoxy) is 2. The summed E-state index contributed by atoms with van der Waals surface area (Å²) in [7, 11) is 0. The fourth-order valence-corrected chi connectivity index (χ4v) is 5.07. The van der Waals surface area contributed by atoms with Crippen LogP contribution in [0.3, 0.4) is 0 Å². The Hall–Kier alpha value is -3.31. The molecule has 0 spiro atoms. The van der Waals surface area contributed by atoms with Crippen LogP contribution < -0.4 is 14.4 Å². The first-order valence-corrected chi connectivity index (χ1v) is 11.1. The van der Waals surface area contributed by atoms with Gasteiger partial charge in [0.2, 0.25) is 0 Å². The molecular formula is C26H26N3O2+. The fourth-order valence-electron chi connectivity index (χ4n) is 5.07. The molecule has 31 heavy (non-hydrogen) atoms. The van der Waals surface area contributed by atoms with E-state index in [-0.39, 0.29) is 0 Å². The summed E-state index contributed by atoms with van der Waals surface area (Å²) in [5.74, 6) is 1.63. The average molecular weight is 413 g/mol. The van der Waals surface area contributed by atoms with Gasteiger partial charge >= 0.3 is 0 Å². The molecule has 0 unspecified atom stereocenters. The van der Waals surface area contributed by atoms with Crippen molar-refractivity contribution < 1.29 is 14.4 Å². The third-order valence-electron chi connectivity index (χ3n) is 6.56. The van der Waals surface area contributed by atoms with E-state index in [1.807, 2.05) is 24.4 Å². The van der Waals surface area contributed by atoms with E-state index in [0.717, 1.165) is 43.2 Å². The van der Waals surface area contributed by atoms with Crippen LogP contribution in [0.5, 0.6) is 11.5 Å². The van der Waals surface area contributed by atoms with Crippen molar-refractivity contribution in [3.63, 3.8) is 0 Å². The number of hydrogen-bond donors (Lipinski definition) is 1. The highest BCUT2D eigenvalue weighted by molar-refractivity contribution is 5.81. The highest BCUT2D eigenvalue weighted by atomic mass is 16.6. The summed E-state index contributed by atoms with van der Waals surface area (Å²) in [5, 5.41) is 6.94. The topological polar surface area (TPSA) is 38.5 Å². The van der Waals surface area contributed by atoms with E-state index in [1.165, 1.54) is 22.3 Å². The Morgan fingerprint density at radius 2 is 1.45 bits per heavy atom. The first-order chi connectivity index (χ1) is 15.4. The van der Waals surface area contributed by atoms with Crippen molar-refractivity contribution in [1.29, 1.82) is 0 Å². The molecule has 5 nitrogen and oxygen atoms in total. The smallest absolute Gasteiger partial charge is 0.162 e. The van der Waals surface area contributed by atoms with Gasteiger partial charge in [0.25, 0.3) is 0 Å². The molecule has 0 amide bonds. The maximum atomic E-state index is 5.68. The Morgan fingerprint density at radius 3 is 2.16 bits per heavy atom. The Kier molecular flexibility index (Phi) is 4.61. The second-order valence-electron chi connectivity index (χ2n) is 8.37. The van der Waals surface area contributed by atoms with E-state index in [1.54, 1.807) is 4.90 Å². The molecule has 1 saturated heterocycles. The Balaban J connectivity index is 1.16. The van der Waals surface area contributed by atoms with Crippen LogP contribution in [-0.2, 0) is 0 Å². The molecule has 2 aliphatic heterocycles. The van der Waals surface area contributed by atoms with Crippen LogP contribution in [0.4, 0.5) is 0 Å². The minimum absolute atomic E-state index is 0.427. The SMILES string of the molecule is C(=N/N1CC[NH+](C2c3ccccc3-c3ccccc32)CC1)/c1ccc2c(c1)OCCO2. The molecule has 0 atom stereocenters. The predicted molar refractivity (Wildman–Crippen MR) is 121 cm³/mol. The molecule has 6 rings (SSSR count). The van der Waals surface area contributed by atoms with Gasteiger partial charge in [-0.25, -0.2) is 0 Å². The maximum absolute atomic E-state index is 5.68. The number of piperazine rings is 1. The first kappa shape index (κ1) is 18.5. The zero-order valence-electron chi connectivity index (χ0n) is 17.5. The van der Waals surface area contributed by atoms with Crippen LogP contribution in [0.2, 0.25) is 0 Å². The second kappa shape index (κ2) is 7.75. The lowest BCUT2D eigenvalue weighted by Crippen LogP contribution is -3.14. The number of hydrazone groups is 1. The molecule has 5 heteroatoms. The monoisotopic (exact) mass is 412 g/mol. The number of benzene rings is 3. The molecule has 3 aliphatic rings. The van der Waals surface area contributed by atoms with Gasteiger partial charge in [-0.05, 0) is 34.9 Å². The minimum Gasteiger partial charge on any atom is -0.486 e. The van der Waals surface area contributed by atoms with Crippen LogP contribution in [0.25, 0.3) is 11.1 Å². The summed E-state index contributed by atoms with van der Waals surface area (Å²) in [5.41, 5.74) is 6.76. The standard InChI is InChI=1S/C26H25N3O2/c1-3-7-22-20(5-1)21-6-2-4-8-23(21)26(22)28-11-13-29(14-12-28)27-18-19-9-10-24-25(17-19)31-16-15-30-24/h1-10,17-18,26H,11-16H2/p+1/b27-18-. The summed E-state index contributed by atoms with van der Waals surface area (Å²) < 4.78 is 11.3. The summed E-state index contributed by atoms with van der Waals surface area (Å²) >= 11 is 0. The van der Waals surface area contributed by atoms with Gasteiger partial charge in [-0.1, -0.05) is 48.5 Å². The third kappa shape index (κ3) is 3.35. The van der Waals surface area contributed by atoms with Crippen LogP contribution >= 0.6 is 0 Å². The van der Waals surface area contributed by atoms with Crippen molar-refractivity contribution in [3.05, 3.63) is 83.4 Å². The Labute approximate surface area is 182 Å². The third-order valence-corrected chi connectivity index (χ3v) is 6.56. The number of fused-ring (bicyclic) bond motifs is 4. The van der Waals surface area contributed by atoms with Gasteiger partial charge in [-0.2, -0.15) is 5.10 Å². The molecule has 1 N–H and O–H groups in total. The van der Waals surface area contributed by atoms with E-state index in [2.05, 4.69) is 53.5 Å². The van der Waals surface area contributed by atoms with Gasteiger partial charge < -0.3 is 14.4 Å². The molecule has 0 saturated carbocycles. The fraction of sp³-hybridized carbons (Fsp3) is 0.269. The molecule has 0 radical (unpaired) electrons. The Morgan fingerprint density at radius 1 is 0.806 bits per heavy atom. The lowest BCUT2D eigenvalue weighted by Gasteiger charge is -2.34. The summed E-state index contributed by atoms with van der Waals surface area (Å²) in [4.78, 5) is 1.63. The van der Waals surface area contributed by atoms with Crippen LogP contribution in [0, 0.1) is 0 Å². The van der Waals surface area contributed by atoms with Gasteiger partial charge in [0.1, 0.15) is 19.3 Å². The van der Waals surface area contributed by atoms with E-state index in [9.17, 15) is 0 Å². The number of nitrogens with zero attached hydrogens (tertiary/aromatic N) is 2. The summed E-state index contributed by atoms with van der Waals surface area (Å²) in [6, 6.07) is 24.2. The van der Waals surface area contributed by atoms with Crippen molar-refractivity contribution >= 4 is 6.21 Å². The number of quaternary nitrogens is 1. The van der Waals surface area contributed by atoms with Crippen LogP contribution in [0.1, 0.15) is 22.7 Å². The molecule has 3 aromatic rings. The van der Waals surface area contributed by atoms with Crippen molar-refractivity contribution in [1.82, 2.24) is 5.01 Å². The first-order valence-electron chi connectivity index (χ1n) is 11.1. The van der Waals surface area contributed by atoms with Gasteiger partial charge in [-0.15, -0.1) is 0 Å². The number of nitrogens with one attached hydrogen (secondary N) is 1. The van der Waals surface area contributed by atoms with Crippen molar-refractivity contribution in [2.24, 2.45) is 5.10 Å². The van der Waals surface area contributed by atoms with Gasteiger partial charge in [0.15, 0.2) is 11.5 Å². The molecular weight excluding hydrogens is 386 g/mol. The molecule has 156 valence electrons. The van der Waals surface area contributed by atoms with E-state index < -0.39 is 0 Å². The number of hydrogen-bond acceptors (Lipinski definition) is 4. The molecule has 1 fully saturated rings. The minimum atomic E-state index is 0.427. The molecule has 0 bridgehead atoms. The Bertz CT molecular complexity index is 1090. The largest absolute Gasteiger partial charge is 0.486 e. The van der Waals surface area contributed by atoms with E-state index >= 15 is 0 Å². The number of rotatable bonds is 3. The molecule has 0 aromatic heterocycles. The van der Waals surface area contributed by atoms with E-state index in [4.69, 9.17) is 14.6 Å². The average Bonchev–Trinajstić information content (AvgIpc) is 3.17. The van der Waals surface area contributed by atoms with Gasteiger partial charge in [0.05, 0.1) is 32.4 Å². The second-order valence-corrected chi connectivity index (χ2v) is 8.37. The zero-order valence-corrected chi connectivity index (χ0v) is 17.5. The maximum Gasteiger partial charge on any atom is 0.162 e. The lowest BCUT2D eigenvalue weighted by molar-refractivity contribution is -0.929. The van der Waals surface area contributed by atoms with Gasteiger partial charge in [0, 0.05) is 11.1 Å². The van der Waals surface area contributed by atoms with Crippen LogP contribution in [-0.4, -0.2) is 50.6 Å². The summed E-state index contributed by atoms with van der Waals surface area (Å²) in [6.45, 7) is 5.28. The van der Waals surface area contributed by atoms with Crippen LogP contribution in [0.15, 0.2) is 71.8 Å². The molecule has 2 heterocycles. The summed E-state index contributed by atoms with van der Waals surface area (Å²) in [6.07, 6.45) is 1.93. The van der Waals surface area contributed by atoms with Crippen molar-refractivity contribution in [2.75, 3.05) is 39.4 Å². The zero-order chi connectivity index (χ0) is 20.6. The lowest BCUT2D eigenvalue weighted by atomic mass is 10.0. The highest BCUT2D eigenvalue weighted by Gasteiger charge is 2.37. The van der Waals surface area contributed by atoms with E-state index in [0.29, 0.717) is 19.3 Å². The quantitative estimate of drug-likeness (QED) is 0.673. The van der Waals surface area contributed by atoms with Crippen molar-refractivity contribution in [2.45, 2.75) is 6.04 Å². The molecule has 1 aliphatic carbocycles. The molecule has 3 aromatic carbocycles. The highest BCUT2D eigenvalue weighted by Crippen LogP contribution is 2.41. The van der Waals surface area contributed by atoms with Crippen molar-refractivity contribution in [3.8, 4) is 22.6 Å².